The monoisotopic (exact) mass is 383 g/mol. The van der Waals surface area contributed by atoms with Crippen LogP contribution in [0.2, 0.25) is 0 Å². The Hall–Kier alpha value is -3.27. The molecule has 0 bridgehead atoms. The number of rotatable bonds is 6. The number of aryl methyl sites for hydroxylation is 2. The van der Waals surface area contributed by atoms with Crippen LogP contribution in [0.5, 0.6) is 0 Å². The SMILES string of the molecule is Cc1cccnc1NC(=O)c1ccc(NC(=O)CSc2nnnn2C)cc1. The number of nitrogens with zero attached hydrogens (tertiary/aromatic N) is 5. The fraction of sp³-hybridized carbons (Fsp3) is 0.176. The predicted molar refractivity (Wildman–Crippen MR) is 102 cm³/mol. The minimum absolute atomic E-state index is 0.176. The van der Waals surface area contributed by atoms with Gasteiger partial charge in [0.25, 0.3) is 5.91 Å². The highest BCUT2D eigenvalue weighted by Crippen LogP contribution is 2.16. The molecular formula is C17H17N7O2S. The minimum Gasteiger partial charge on any atom is -0.325 e. The number of pyridine rings is 1. The van der Waals surface area contributed by atoms with E-state index in [2.05, 4.69) is 31.1 Å². The first-order chi connectivity index (χ1) is 13.0. The molecule has 0 radical (unpaired) electrons. The molecule has 10 heteroatoms. The third kappa shape index (κ3) is 4.88. The van der Waals surface area contributed by atoms with Crippen LogP contribution in [-0.4, -0.2) is 42.8 Å². The van der Waals surface area contributed by atoms with Crippen molar-refractivity contribution in [3.63, 3.8) is 0 Å². The van der Waals surface area contributed by atoms with Crippen LogP contribution in [0.1, 0.15) is 15.9 Å². The van der Waals surface area contributed by atoms with Gasteiger partial charge in [-0.05, 0) is 53.2 Å². The first-order valence-electron chi connectivity index (χ1n) is 8.01. The summed E-state index contributed by atoms with van der Waals surface area (Å²) in [4.78, 5) is 28.5. The number of anilines is 2. The van der Waals surface area contributed by atoms with E-state index in [1.54, 1.807) is 37.5 Å². The summed E-state index contributed by atoms with van der Waals surface area (Å²) in [6, 6.07) is 10.3. The molecule has 0 spiro atoms. The van der Waals surface area contributed by atoms with Crippen LogP contribution in [0.25, 0.3) is 0 Å². The zero-order chi connectivity index (χ0) is 19.2. The van der Waals surface area contributed by atoms with Crippen molar-refractivity contribution >= 4 is 35.1 Å². The van der Waals surface area contributed by atoms with Crippen LogP contribution in [0.15, 0.2) is 47.8 Å². The Morgan fingerprint density at radius 2 is 1.93 bits per heavy atom. The number of carbonyl (C=O) groups is 2. The van der Waals surface area contributed by atoms with Crippen molar-refractivity contribution < 1.29 is 9.59 Å². The molecule has 9 nitrogen and oxygen atoms in total. The first-order valence-corrected chi connectivity index (χ1v) is 8.99. The molecular weight excluding hydrogens is 366 g/mol. The number of aromatic nitrogens is 5. The summed E-state index contributed by atoms with van der Waals surface area (Å²) in [7, 11) is 1.70. The molecule has 0 atom stereocenters. The van der Waals surface area contributed by atoms with E-state index in [-0.39, 0.29) is 17.6 Å². The lowest BCUT2D eigenvalue weighted by molar-refractivity contribution is -0.113. The normalized spacial score (nSPS) is 10.4. The van der Waals surface area contributed by atoms with E-state index < -0.39 is 0 Å². The molecule has 1 aromatic carbocycles. The number of amides is 2. The number of carbonyl (C=O) groups excluding carboxylic acids is 2. The van der Waals surface area contributed by atoms with E-state index in [0.717, 1.165) is 5.56 Å². The van der Waals surface area contributed by atoms with Crippen molar-refractivity contribution in [1.29, 1.82) is 0 Å². The summed E-state index contributed by atoms with van der Waals surface area (Å²) in [6.45, 7) is 1.87. The Labute approximate surface area is 159 Å². The number of nitrogens with one attached hydrogen (secondary N) is 2. The van der Waals surface area contributed by atoms with Gasteiger partial charge in [0.05, 0.1) is 5.75 Å². The number of tetrazole rings is 1. The summed E-state index contributed by atoms with van der Waals surface area (Å²) in [6.07, 6.45) is 1.62. The number of benzene rings is 1. The first kappa shape index (κ1) is 18.5. The standard InChI is InChI=1S/C17H17N7O2S/c1-11-4-3-9-18-15(11)20-16(26)12-5-7-13(8-6-12)19-14(25)10-27-17-21-22-23-24(17)2/h3-9H,10H2,1-2H3,(H,19,25)(H,18,20,26). The van der Waals surface area contributed by atoms with Crippen LogP contribution >= 0.6 is 11.8 Å². The van der Waals surface area contributed by atoms with Gasteiger partial charge in [0.2, 0.25) is 11.1 Å². The molecule has 2 N–H and O–H groups in total. The Morgan fingerprint density at radius 1 is 1.15 bits per heavy atom. The van der Waals surface area contributed by atoms with Gasteiger partial charge in [0.1, 0.15) is 5.82 Å². The van der Waals surface area contributed by atoms with Gasteiger partial charge in [0, 0.05) is 24.5 Å². The predicted octanol–water partition coefficient (Wildman–Crippen LogP) is 1.90. The van der Waals surface area contributed by atoms with Gasteiger partial charge in [0.15, 0.2) is 0 Å². The summed E-state index contributed by atoms with van der Waals surface area (Å²) in [5.41, 5.74) is 1.95. The van der Waals surface area contributed by atoms with Crippen LogP contribution in [0.3, 0.4) is 0 Å². The van der Waals surface area contributed by atoms with E-state index in [0.29, 0.717) is 22.2 Å². The highest BCUT2D eigenvalue weighted by atomic mass is 32.2. The van der Waals surface area contributed by atoms with Gasteiger partial charge < -0.3 is 10.6 Å². The van der Waals surface area contributed by atoms with Crippen LogP contribution in [0.4, 0.5) is 11.5 Å². The second-order valence-electron chi connectivity index (χ2n) is 5.62. The van der Waals surface area contributed by atoms with E-state index in [4.69, 9.17) is 0 Å². The summed E-state index contributed by atoms with van der Waals surface area (Å²) < 4.78 is 1.49. The van der Waals surface area contributed by atoms with Gasteiger partial charge in [-0.3, -0.25) is 9.59 Å². The van der Waals surface area contributed by atoms with E-state index in [1.807, 2.05) is 19.1 Å². The minimum atomic E-state index is -0.264. The highest BCUT2D eigenvalue weighted by molar-refractivity contribution is 7.99. The Morgan fingerprint density at radius 3 is 2.59 bits per heavy atom. The quantitative estimate of drug-likeness (QED) is 0.625. The molecule has 3 rings (SSSR count). The van der Waals surface area contributed by atoms with Gasteiger partial charge in [-0.25, -0.2) is 9.67 Å². The third-order valence-electron chi connectivity index (χ3n) is 3.59. The second-order valence-corrected chi connectivity index (χ2v) is 6.56. The molecule has 0 aliphatic rings. The smallest absolute Gasteiger partial charge is 0.256 e. The zero-order valence-electron chi connectivity index (χ0n) is 14.7. The zero-order valence-corrected chi connectivity index (χ0v) is 15.5. The second kappa shape index (κ2) is 8.41. The lowest BCUT2D eigenvalue weighted by Gasteiger charge is -2.08. The molecule has 0 unspecified atom stereocenters. The van der Waals surface area contributed by atoms with E-state index in [1.165, 1.54) is 16.4 Å². The molecule has 0 saturated heterocycles. The summed E-state index contributed by atoms with van der Waals surface area (Å²) in [5.74, 6) is 0.245. The summed E-state index contributed by atoms with van der Waals surface area (Å²) in [5, 5.41) is 17.1. The maximum absolute atomic E-state index is 12.3. The Balaban J connectivity index is 1.55. The number of hydrogen-bond acceptors (Lipinski definition) is 7. The van der Waals surface area contributed by atoms with Crippen LogP contribution in [-0.2, 0) is 11.8 Å². The molecule has 2 aromatic heterocycles. The Kier molecular flexibility index (Phi) is 5.77. The molecule has 2 amide bonds. The molecule has 0 saturated carbocycles. The Bertz CT molecular complexity index is 956. The van der Waals surface area contributed by atoms with Gasteiger partial charge in [-0.15, -0.1) is 5.10 Å². The summed E-state index contributed by atoms with van der Waals surface area (Å²) >= 11 is 1.24. The largest absolute Gasteiger partial charge is 0.325 e. The van der Waals surface area contributed by atoms with Gasteiger partial charge >= 0.3 is 0 Å². The average Bonchev–Trinajstić information content (AvgIpc) is 3.07. The fourth-order valence-electron chi connectivity index (χ4n) is 2.17. The van der Waals surface area contributed by atoms with Crippen molar-refractivity contribution in [3.05, 3.63) is 53.7 Å². The fourth-order valence-corrected chi connectivity index (χ4v) is 2.82. The van der Waals surface area contributed by atoms with Crippen molar-refractivity contribution in [2.24, 2.45) is 7.05 Å². The van der Waals surface area contributed by atoms with Crippen LogP contribution < -0.4 is 10.6 Å². The third-order valence-corrected chi connectivity index (χ3v) is 4.60. The van der Waals surface area contributed by atoms with Crippen molar-refractivity contribution in [3.8, 4) is 0 Å². The van der Waals surface area contributed by atoms with E-state index >= 15 is 0 Å². The molecule has 0 aliphatic heterocycles. The molecule has 2 heterocycles. The topological polar surface area (TPSA) is 115 Å². The maximum atomic E-state index is 12.3. The maximum Gasteiger partial charge on any atom is 0.256 e. The molecule has 0 aliphatic carbocycles. The number of thioether (sulfide) groups is 1. The van der Waals surface area contributed by atoms with E-state index in [9.17, 15) is 9.59 Å². The molecule has 3 aromatic rings. The molecule has 27 heavy (non-hydrogen) atoms. The van der Waals surface area contributed by atoms with Crippen molar-refractivity contribution in [2.45, 2.75) is 12.1 Å². The lowest BCUT2D eigenvalue weighted by Crippen LogP contribution is -2.16. The van der Waals surface area contributed by atoms with Crippen LogP contribution in [0, 0.1) is 6.92 Å². The highest BCUT2D eigenvalue weighted by Gasteiger charge is 2.10. The van der Waals surface area contributed by atoms with Crippen molar-refractivity contribution in [1.82, 2.24) is 25.2 Å². The number of hydrogen-bond donors (Lipinski definition) is 2. The average molecular weight is 383 g/mol. The van der Waals surface area contributed by atoms with Crippen molar-refractivity contribution in [2.75, 3.05) is 16.4 Å². The van der Waals surface area contributed by atoms with Gasteiger partial charge in [-0.2, -0.15) is 0 Å². The molecule has 0 fully saturated rings. The van der Waals surface area contributed by atoms with Gasteiger partial charge in [-0.1, -0.05) is 17.8 Å². The lowest BCUT2D eigenvalue weighted by atomic mass is 10.2. The molecule has 138 valence electrons.